The number of fused-ring (bicyclic) bond motifs is 1. The molecule has 1 aromatic heterocycles. The van der Waals surface area contributed by atoms with Crippen LogP contribution in [-0.2, 0) is 6.42 Å². The first-order valence-corrected chi connectivity index (χ1v) is 5.82. The Morgan fingerprint density at radius 1 is 1.29 bits per heavy atom. The van der Waals surface area contributed by atoms with Crippen LogP contribution in [0.5, 0.6) is 0 Å². The zero-order valence-electron chi connectivity index (χ0n) is 9.88. The summed E-state index contributed by atoms with van der Waals surface area (Å²) in [6.07, 6.45) is 3.91. The molecule has 17 heavy (non-hydrogen) atoms. The molecule has 0 amide bonds. The van der Waals surface area contributed by atoms with E-state index in [9.17, 15) is 0 Å². The van der Waals surface area contributed by atoms with Crippen LogP contribution in [0.4, 0.5) is 5.69 Å². The molecule has 0 saturated carbocycles. The van der Waals surface area contributed by atoms with E-state index in [2.05, 4.69) is 40.1 Å². The van der Waals surface area contributed by atoms with E-state index in [0.29, 0.717) is 0 Å². The van der Waals surface area contributed by atoms with E-state index in [1.165, 1.54) is 11.3 Å². The molecule has 0 unspecified atom stereocenters. The number of anilines is 1. The molecule has 3 heteroatoms. The van der Waals surface area contributed by atoms with E-state index < -0.39 is 0 Å². The van der Waals surface area contributed by atoms with Crippen molar-refractivity contribution in [3.05, 3.63) is 47.9 Å². The molecule has 1 aliphatic rings. The molecule has 0 bridgehead atoms. The highest BCUT2D eigenvalue weighted by molar-refractivity contribution is 5.66. The van der Waals surface area contributed by atoms with Crippen LogP contribution in [0, 0.1) is 6.92 Å². The molecule has 0 spiro atoms. The van der Waals surface area contributed by atoms with E-state index in [-0.39, 0.29) is 0 Å². The first-order valence-electron chi connectivity index (χ1n) is 5.82. The lowest BCUT2D eigenvalue weighted by molar-refractivity contribution is 0.919. The molecule has 86 valence electrons. The summed E-state index contributed by atoms with van der Waals surface area (Å²) in [4.78, 5) is 7.62. The van der Waals surface area contributed by atoms with E-state index >= 15 is 0 Å². The number of H-pyrrole nitrogens is 1. The van der Waals surface area contributed by atoms with Crippen molar-refractivity contribution in [2.45, 2.75) is 19.8 Å². The Kier molecular flexibility index (Phi) is 2.25. The van der Waals surface area contributed by atoms with Crippen molar-refractivity contribution >= 4 is 5.69 Å². The summed E-state index contributed by atoms with van der Waals surface area (Å²) in [5, 5.41) is 3.32. The van der Waals surface area contributed by atoms with E-state index in [4.69, 9.17) is 0 Å². The fourth-order valence-corrected chi connectivity index (χ4v) is 2.17. The van der Waals surface area contributed by atoms with E-state index in [0.717, 1.165) is 35.6 Å². The highest BCUT2D eigenvalue weighted by Gasteiger charge is 2.12. The highest BCUT2D eigenvalue weighted by atomic mass is 14.9. The van der Waals surface area contributed by atoms with Gasteiger partial charge in [0.1, 0.15) is 5.82 Å². The summed E-state index contributed by atoms with van der Waals surface area (Å²) in [6, 6.07) is 6.39. The third kappa shape index (κ3) is 1.84. The van der Waals surface area contributed by atoms with E-state index in [1.54, 1.807) is 0 Å². The molecule has 0 saturated heterocycles. The van der Waals surface area contributed by atoms with Crippen molar-refractivity contribution in [2.24, 2.45) is 0 Å². The Balaban J connectivity index is 2.01. The molecule has 0 fully saturated rings. The van der Waals surface area contributed by atoms with Gasteiger partial charge in [-0.15, -0.1) is 0 Å². The van der Waals surface area contributed by atoms with Crippen LogP contribution >= 0.6 is 0 Å². The number of nitrogens with zero attached hydrogens (tertiary/aromatic N) is 1. The minimum Gasteiger partial charge on any atom is -0.359 e. The maximum Gasteiger partial charge on any atom is 0.137 e. The maximum atomic E-state index is 4.36. The number of imidazole rings is 1. The topological polar surface area (TPSA) is 40.7 Å². The van der Waals surface area contributed by atoms with Gasteiger partial charge in [-0.2, -0.15) is 0 Å². The summed E-state index contributed by atoms with van der Waals surface area (Å²) in [5.41, 5.74) is 5.84. The molecule has 2 N–H and O–H groups in total. The molecule has 2 aromatic rings. The Bertz CT molecular complexity index is 581. The highest BCUT2D eigenvalue weighted by Crippen LogP contribution is 2.29. The molecule has 2 heterocycles. The number of aromatic nitrogens is 2. The second-order valence-corrected chi connectivity index (χ2v) is 4.52. The molecule has 0 radical (unpaired) electrons. The summed E-state index contributed by atoms with van der Waals surface area (Å²) in [7, 11) is 0. The van der Waals surface area contributed by atoms with Gasteiger partial charge < -0.3 is 10.3 Å². The third-order valence-corrected chi connectivity index (χ3v) is 3.09. The normalized spacial score (nSPS) is 14.3. The van der Waals surface area contributed by atoms with Crippen molar-refractivity contribution in [1.29, 1.82) is 0 Å². The van der Waals surface area contributed by atoms with Crippen molar-refractivity contribution < 1.29 is 0 Å². The SMILES string of the molecule is C=C1CCc2cc(-c3ncc(C)[nH]3)ccc2N1. The number of aromatic amines is 1. The number of rotatable bonds is 1. The second kappa shape index (κ2) is 3.77. The van der Waals surface area contributed by atoms with Crippen LogP contribution in [-0.4, -0.2) is 9.97 Å². The molecular weight excluding hydrogens is 210 g/mol. The fraction of sp³-hybridized carbons (Fsp3) is 0.214. The predicted octanol–water partition coefficient (Wildman–Crippen LogP) is 3.26. The van der Waals surface area contributed by atoms with Crippen LogP contribution in [0.1, 0.15) is 17.7 Å². The fourth-order valence-electron chi connectivity index (χ4n) is 2.17. The number of hydrogen-bond donors (Lipinski definition) is 2. The minimum absolute atomic E-state index is 0.940. The summed E-state index contributed by atoms with van der Waals surface area (Å²) in [5.74, 6) is 0.940. The predicted molar refractivity (Wildman–Crippen MR) is 69.8 cm³/mol. The molecule has 3 rings (SSSR count). The number of nitrogens with one attached hydrogen (secondary N) is 2. The van der Waals surface area contributed by atoms with Gasteiger partial charge >= 0.3 is 0 Å². The second-order valence-electron chi connectivity index (χ2n) is 4.52. The zero-order chi connectivity index (χ0) is 11.8. The standard InChI is InChI=1S/C14H15N3/c1-9-3-4-11-7-12(5-6-13(11)16-9)14-15-8-10(2)17-14/h5-8,16H,1,3-4H2,2H3,(H,15,17). The Labute approximate surface area is 101 Å². The molecule has 1 aliphatic heterocycles. The third-order valence-electron chi connectivity index (χ3n) is 3.09. The largest absolute Gasteiger partial charge is 0.359 e. The summed E-state index contributed by atoms with van der Waals surface area (Å²) in [6.45, 7) is 5.98. The van der Waals surface area contributed by atoms with Crippen LogP contribution < -0.4 is 5.32 Å². The van der Waals surface area contributed by atoms with Crippen molar-refractivity contribution in [3.63, 3.8) is 0 Å². The number of allylic oxidation sites excluding steroid dienone is 1. The van der Waals surface area contributed by atoms with Crippen molar-refractivity contribution in [1.82, 2.24) is 9.97 Å². The first-order chi connectivity index (χ1) is 8.22. The van der Waals surface area contributed by atoms with Crippen LogP contribution in [0.3, 0.4) is 0 Å². The Morgan fingerprint density at radius 2 is 2.18 bits per heavy atom. The van der Waals surface area contributed by atoms with Gasteiger partial charge in [-0.25, -0.2) is 4.98 Å². The quantitative estimate of drug-likeness (QED) is 0.782. The van der Waals surface area contributed by atoms with Crippen molar-refractivity contribution in [3.8, 4) is 11.4 Å². The van der Waals surface area contributed by atoms with Gasteiger partial charge in [0.15, 0.2) is 0 Å². The lowest BCUT2D eigenvalue weighted by Gasteiger charge is -2.20. The zero-order valence-corrected chi connectivity index (χ0v) is 9.88. The molecule has 1 aromatic carbocycles. The molecular formula is C14H15N3. The summed E-state index contributed by atoms with van der Waals surface area (Å²) >= 11 is 0. The van der Waals surface area contributed by atoms with Gasteiger partial charge in [0, 0.05) is 28.8 Å². The Hall–Kier alpha value is -2.03. The van der Waals surface area contributed by atoms with Crippen LogP contribution in [0.2, 0.25) is 0 Å². The molecule has 0 aliphatic carbocycles. The Morgan fingerprint density at radius 3 is 2.94 bits per heavy atom. The molecule has 3 nitrogen and oxygen atoms in total. The average molecular weight is 225 g/mol. The average Bonchev–Trinajstić information content (AvgIpc) is 2.75. The van der Waals surface area contributed by atoms with Gasteiger partial charge in [-0.3, -0.25) is 0 Å². The van der Waals surface area contributed by atoms with Crippen LogP contribution in [0.15, 0.2) is 36.7 Å². The van der Waals surface area contributed by atoms with Gasteiger partial charge in [-0.05, 0) is 43.5 Å². The number of benzene rings is 1. The van der Waals surface area contributed by atoms with Gasteiger partial charge in [0.05, 0.1) is 0 Å². The van der Waals surface area contributed by atoms with Gasteiger partial charge in [0.25, 0.3) is 0 Å². The minimum atomic E-state index is 0.940. The lowest BCUT2D eigenvalue weighted by atomic mass is 9.99. The van der Waals surface area contributed by atoms with Gasteiger partial charge in [0.2, 0.25) is 0 Å². The lowest BCUT2D eigenvalue weighted by Crippen LogP contribution is -2.08. The van der Waals surface area contributed by atoms with Crippen LogP contribution in [0.25, 0.3) is 11.4 Å². The first kappa shape index (κ1) is 10.1. The summed E-state index contributed by atoms with van der Waals surface area (Å²) < 4.78 is 0. The van der Waals surface area contributed by atoms with Gasteiger partial charge in [-0.1, -0.05) is 6.58 Å². The van der Waals surface area contributed by atoms with Crippen molar-refractivity contribution in [2.75, 3.05) is 5.32 Å². The smallest absolute Gasteiger partial charge is 0.137 e. The monoisotopic (exact) mass is 225 g/mol. The maximum absolute atomic E-state index is 4.36. The molecule has 0 atom stereocenters. The van der Waals surface area contributed by atoms with E-state index in [1.807, 2.05) is 13.1 Å². The number of hydrogen-bond acceptors (Lipinski definition) is 2. The number of aryl methyl sites for hydroxylation is 2.